The van der Waals surface area contributed by atoms with Gasteiger partial charge in [0.2, 0.25) is 0 Å². The Morgan fingerprint density at radius 2 is 1.90 bits per heavy atom. The first-order chi connectivity index (χ1) is 14.7. The second kappa shape index (κ2) is 8.88. The number of rotatable bonds is 6. The molecule has 1 N–H and O–H groups in total. The van der Waals surface area contributed by atoms with Gasteiger partial charge in [-0.2, -0.15) is 0 Å². The topological polar surface area (TPSA) is 132 Å². The van der Waals surface area contributed by atoms with Crippen molar-refractivity contribution in [2.24, 2.45) is 4.99 Å². The van der Waals surface area contributed by atoms with E-state index in [1.54, 1.807) is 12.1 Å². The molecule has 1 aliphatic rings. The molecule has 0 saturated carbocycles. The number of nitro benzene ring substituents is 1. The number of carbonyl (C=O) groups excluding carboxylic acids is 1. The second-order valence-corrected chi connectivity index (χ2v) is 7.26. The van der Waals surface area contributed by atoms with Gasteiger partial charge in [-0.1, -0.05) is 6.07 Å². The maximum Gasteiger partial charge on any atom is 0.335 e. The highest BCUT2D eigenvalue weighted by Gasteiger charge is 2.31. The Bertz CT molecular complexity index is 1140. The van der Waals surface area contributed by atoms with Gasteiger partial charge in [-0.3, -0.25) is 19.8 Å². The first kappa shape index (κ1) is 21.8. The molecular formula is C20H17N3O7S. The lowest BCUT2D eigenvalue weighted by atomic mass is 10.1. The molecular weight excluding hydrogens is 426 g/mol. The molecule has 11 heteroatoms. The molecule has 160 valence electrons. The number of ether oxygens (including phenoxy) is 2. The maximum atomic E-state index is 12.7. The number of hydrogen-bond acceptors (Lipinski definition) is 8. The standard InChI is InChI=1S/C20H17N3O7S/c1-22-18(24)17(31-20(22)21-13-6-4-5-11(7-13)19(25)26)9-12-8-15(29-2)16(30-3)10-14(12)23(27)28/h4-10H,1-3H3,(H,25,26). The van der Waals surface area contributed by atoms with Gasteiger partial charge in [0, 0.05) is 7.05 Å². The third-order valence-electron chi connectivity index (χ3n) is 4.34. The van der Waals surface area contributed by atoms with Gasteiger partial charge in [0.05, 0.1) is 46.9 Å². The van der Waals surface area contributed by atoms with Crippen LogP contribution < -0.4 is 9.47 Å². The summed E-state index contributed by atoms with van der Waals surface area (Å²) in [5, 5.41) is 20.9. The highest BCUT2D eigenvalue weighted by atomic mass is 32.2. The van der Waals surface area contributed by atoms with Crippen LogP contribution in [0.4, 0.5) is 11.4 Å². The lowest BCUT2D eigenvalue weighted by Gasteiger charge is -2.09. The number of carbonyl (C=O) groups is 2. The highest BCUT2D eigenvalue weighted by Crippen LogP contribution is 2.39. The number of benzene rings is 2. The number of aliphatic imine (C=N–C) groups is 1. The van der Waals surface area contributed by atoms with Crippen LogP contribution in [-0.4, -0.2) is 53.2 Å². The van der Waals surface area contributed by atoms with E-state index in [9.17, 15) is 19.7 Å². The quantitative estimate of drug-likeness (QED) is 0.407. The molecule has 0 unspecified atom stereocenters. The summed E-state index contributed by atoms with van der Waals surface area (Å²) in [6.45, 7) is 0. The van der Waals surface area contributed by atoms with Gasteiger partial charge in [0.1, 0.15) is 0 Å². The molecule has 0 bridgehead atoms. The molecule has 31 heavy (non-hydrogen) atoms. The van der Waals surface area contributed by atoms with Crippen LogP contribution >= 0.6 is 11.8 Å². The van der Waals surface area contributed by atoms with Gasteiger partial charge >= 0.3 is 5.97 Å². The lowest BCUT2D eigenvalue weighted by molar-refractivity contribution is -0.385. The van der Waals surface area contributed by atoms with Gasteiger partial charge in [0.25, 0.3) is 11.6 Å². The van der Waals surface area contributed by atoms with Gasteiger partial charge in [-0.05, 0) is 42.1 Å². The van der Waals surface area contributed by atoms with Gasteiger partial charge in [-0.25, -0.2) is 9.79 Å². The summed E-state index contributed by atoms with van der Waals surface area (Å²) in [7, 11) is 4.28. The molecule has 0 spiro atoms. The molecule has 2 aromatic rings. The molecule has 1 saturated heterocycles. The van der Waals surface area contributed by atoms with E-state index in [1.165, 1.54) is 56.5 Å². The second-order valence-electron chi connectivity index (χ2n) is 6.25. The van der Waals surface area contributed by atoms with Crippen LogP contribution in [0.25, 0.3) is 6.08 Å². The summed E-state index contributed by atoms with van der Waals surface area (Å²) in [6.07, 6.45) is 1.39. The zero-order valence-corrected chi connectivity index (χ0v) is 17.5. The number of methoxy groups -OCH3 is 2. The average molecular weight is 443 g/mol. The van der Waals surface area contributed by atoms with Crippen LogP contribution in [0, 0.1) is 10.1 Å². The third-order valence-corrected chi connectivity index (χ3v) is 5.40. The number of nitro groups is 1. The normalized spacial score (nSPS) is 16.1. The molecule has 0 aromatic heterocycles. The van der Waals surface area contributed by atoms with Crippen molar-refractivity contribution >= 4 is 46.3 Å². The van der Waals surface area contributed by atoms with Crippen LogP contribution in [0.5, 0.6) is 11.5 Å². The van der Waals surface area contributed by atoms with Gasteiger partial charge < -0.3 is 14.6 Å². The zero-order chi connectivity index (χ0) is 22.7. The summed E-state index contributed by atoms with van der Waals surface area (Å²) in [5.41, 5.74) is 0.345. The number of carboxylic acid groups (broad SMARTS) is 1. The van der Waals surface area contributed by atoms with Crippen LogP contribution in [0.2, 0.25) is 0 Å². The number of thioether (sulfide) groups is 1. The molecule has 0 atom stereocenters. The fourth-order valence-electron chi connectivity index (χ4n) is 2.77. The Kier molecular flexibility index (Phi) is 6.25. The molecule has 1 fully saturated rings. The minimum Gasteiger partial charge on any atom is -0.493 e. The van der Waals surface area contributed by atoms with E-state index in [1.807, 2.05) is 0 Å². The molecule has 10 nitrogen and oxygen atoms in total. The Labute approximate surface area is 180 Å². The number of amides is 1. The van der Waals surface area contributed by atoms with Gasteiger partial charge in [0.15, 0.2) is 16.7 Å². The SMILES string of the molecule is COc1cc(C=C2SC(=Nc3cccc(C(=O)O)c3)N(C)C2=O)c([N+](=O)[O-])cc1OC. The first-order valence-corrected chi connectivity index (χ1v) is 9.57. The number of carboxylic acids is 1. The molecule has 0 aliphatic carbocycles. The van der Waals surface area contributed by atoms with Gasteiger partial charge in [-0.15, -0.1) is 0 Å². The van der Waals surface area contributed by atoms with Crippen LogP contribution in [0.1, 0.15) is 15.9 Å². The van der Waals surface area contributed by atoms with E-state index in [0.29, 0.717) is 10.9 Å². The Morgan fingerprint density at radius 3 is 2.52 bits per heavy atom. The number of nitrogens with zero attached hydrogens (tertiary/aromatic N) is 3. The highest BCUT2D eigenvalue weighted by molar-refractivity contribution is 8.18. The summed E-state index contributed by atoms with van der Waals surface area (Å²) >= 11 is 1.02. The third kappa shape index (κ3) is 4.51. The summed E-state index contributed by atoms with van der Waals surface area (Å²) < 4.78 is 10.3. The predicted octanol–water partition coefficient (Wildman–Crippen LogP) is 3.54. The molecule has 1 heterocycles. The van der Waals surface area contributed by atoms with E-state index in [0.717, 1.165) is 11.8 Å². The van der Waals surface area contributed by atoms with Crippen molar-refractivity contribution in [3.8, 4) is 11.5 Å². The van der Waals surface area contributed by atoms with E-state index in [-0.39, 0.29) is 33.2 Å². The van der Waals surface area contributed by atoms with Crippen LogP contribution in [-0.2, 0) is 4.79 Å². The predicted molar refractivity (Wildman–Crippen MR) is 115 cm³/mol. The zero-order valence-electron chi connectivity index (χ0n) is 16.7. The number of hydrogen-bond donors (Lipinski definition) is 1. The van der Waals surface area contributed by atoms with Crippen LogP contribution in [0.15, 0.2) is 46.3 Å². The average Bonchev–Trinajstić information content (AvgIpc) is 3.01. The van der Waals surface area contributed by atoms with E-state index in [2.05, 4.69) is 4.99 Å². The van der Waals surface area contributed by atoms with Crippen molar-refractivity contribution < 1.29 is 29.1 Å². The summed E-state index contributed by atoms with van der Waals surface area (Å²) in [6, 6.07) is 8.63. The maximum absolute atomic E-state index is 12.7. The number of aromatic carboxylic acids is 1. The van der Waals surface area contributed by atoms with E-state index < -0.39 is 16.8 Å². The van der Waals surface area contributed by atoms with E-state index in [4.69, 9.17) is 14.6 Å². The fourth-order valence-corrected chi connectivity index (χ4v) is 3.75. The Balaban J connectivity index is 2.01. The van der Waals surface area contributed by atoms with Crippen molar-refractivity contribution in [2.45, 2.75) is 0 Å². The van der Waals surface area contributed by atoms with Crippen LogP contribution in [0.3, 0.4) is 0 Å². The Morgan fingerprint density at radius 1 is 1.23 bits per heavy atom. The minimum atomic E-state index is -1.09. The van der Waals surface area contributed by atoms with Crippen molar-refractivity contribution in [2.75, 3.05) is 21.3 Å². The fraction of sp³-hybridized carbons (Fsp3) is 0.150. The molecule has 3 rings (SSSR count). The molecule has 1 aliphatic heterocycles. The smallest absolute Gasteiger partial charge is 0.335 e. The molecule has 1 amide bonds. The van der Waals surface area contributed by atoms with Crippen molar-refractivity contribution in [1.82, 2.24) is 4.90 Å². The summed E-state index contributed by atoms with van der Waals surface area (Å²) in [4.78, 5) is 40.6. The van der Waals surface area contributed by atoms with Crippen molar-refractivity contribution in [1.29, 1.82) is 0 Å². The largest absolute Gasteiger partial charge is 0.493 e. The molecule has 2 aromatic carbocycles. The number of amidine groups is 1. The van der Waals surface area contributed by atoms with E-state index >= 15 is 0 Å². The lowest BCUT2D eigenvalue weighted by Crippen LogP contribution is -2.23. The Hall–Kier alpha value is -3.86. The van der Waals surface area contributed by atoms with Crippen molar-refractivity contribution in [3.05, 3.63) is 62.5 Å². The van der Waals surface area contributed by atoms with Crippen molar-refractivity contribution in [3.63, 3.8) is 0 Å². The minimum absolute atomic E-state index is 0.0653. The first-order valence-electron chi connectivity index (χ1n) is 8.75. The molecule has 0 radical (unpaired) electrons. The number of likely N-dealkylation sites (N-methyl/N-ethyl adjacent to an activating group) is 1. The monoisotopic (exact) mass is 443 g/mol. The summed E-state index contributed by atoms with van der Waals surface area (Å²) in [5.74, 6) is -1.02.